The third-order valence-corrected chi connectivity index (χ3v) is 3.58. The van der Waals surface area contributed by atoms with Crippen molar-refractivity contribution in [1.29, 1.82) is 0 Å². The van der Waals surface area contributed by atoms with Crippen LogP contribution in [-0.2, 0) is 4.79 Å². The summed E-state index contributed by atoms with van der Waals surface area (Å²) in [4.78, 5) is 14.2. The number of nitrogens with two attached hydrogens (primary N) is 1. The van der Waals surface area contributed by atoms with Gasteiger partial charge in [0.05, 0.1) is 6.04 Å². The van der Waals surface area contributed by atoms with Gasteiger partial charge in [0.15, 0.2) is 0 Å². The molecule has 1 rings (SSSR count). The standard InChI is InChI=1S/C14H29N3O/c1-3-7-13(15)14(18)16-10-12(2)11-17-8-5-4-6-9-17/h12-13H,3-11,15H2,1-2H3,(H,16,18)/t12?,13-/m1/s1. The van der Waals surface area contributed by atoms with E-state index in [1.54, 1.807) is 0 Å². The van der Waals surface area contributed by atoms with Crippen molar-refractivity contribution < 1.29 is 4.79 Å². The molecule has 1 amide bonds. The van der Waals surface area contributed by atoms with E-state index < -0.39 is 0 Å². The predicted octanol–water partition coefficient (Wildman–Crippen LogP) is 1.35. The van der Waals surface area contributed by atoms with Crippen LogP contribution in [0.5, 0.6) is 0 Å². The van der Waals surface area contributed by atoms with Crippen LogP contribution in [0.15, 0.2) is 0 Å². The molecule has 1 aliphatic rings. The van der Waals surface area contributed by atoms with Crippen LogP contribution >= 0.6 is 0 Å². The lowest BCUT2D eigenvalue weighted by atomic mass is 10.1. The molecule has 1 unspecified atom stereocenters. The first-order valence-electron chi connectivity index (χ1n) is 7.39. The maximum Gasteiger partial charge on any atom is 0.236 e. The van der Waals surface area contributed by atoms with E-state index in [4.69, 9.17) is 5.73 Å². The Hall–Kier alpha value is -0.610. The highest BCUT2D eigenvalue weighted by Crippen LogP contribution is 2.10. The van der Waals surface area contributed by atoms with E-state index in [0.717, 1.165) is 25.9 Å². The summed E-state index contributed by atoms with van der Waals surface area (Å²) in [5.74, 6) is 0.503. The number of rotatable bonds is 7. The molecule has 0 aromatic rings. The van der Waals surface area contributed by atoms with Gasteiger partial charge < -0.3 is 16.0 Å². The maximum absolute atomic E-state index is 11.7. The molecule has 1 saturated heterocycles. The molecule has 1 aliphatic heterocycles. The fourth-order valence-corrected chi connectivity index (χ4v) is 2.50. The Kier molecular flexibility index (Phi) is 7.28. The molecule has 2 atom stereocenters. The van der Waals surface area contributed by atoms with E-state index in [1.807, 2.05) is 6.92 Å². The molecule has 0 radical (unpaired) electrons. The van der Waals surface area contributed by atoms with Crippen LogP contribution < -0.4 is 11.1 Å². The van der Waals surface area contributed by atoms with Gasteiger partial charge in [-0.25, -0.2) is 0 Å². The number of likely N-dealkylation sites (tertiary alicyclic amines) is 1. The Morgan fingerprint density at radius 3 is 2.61 bits per heavy atom. The van der Waals surface area contributed by atoms with Gasteiger partial charge in [-0.15, -0.1) is 0 Å². The zero-order valence-corrected chi connectivity index (χ0v) is 12.0. The second-order valence-corrected chi connectivity index (χ2v) is 5.61. The van der Waals surface area contributed by atoms with E-state index in [0.29, 0.717) is 5.92 Å². The highest BCUT2D eigenvalue weighted by molar-refractivity contribution is 5.81. The first-order chi connectivity index (χ1) is 8.63. The van der Waals surface area contributed by atoms with Crippen LogP contribution in [0.1, 0.15) is 46.0 Å². The molecule has 18 heavy (non-hydrogen) atoms. The zero-order valence-electron chi connectivity index (χ0n) is 12.0. The van der Waals surface area contributed by atoms with Gasteiger partial charge in [0.2, 0.25) is 5.91 Å². The fraction of sp³-hybridized carbons (Fsp3) is 0.929. The van der Waals surface area contributed by atoms with Crippen molar-refractivity contribution in [2.75, 3.05) is 26.2 Å². The number of hydrogen-bond acceptors (Lipinski definition) is 3. The topological polar surface area (TPSA) is 58.4 Å². The number of amides is 1. The van der Waals surface area contributed by atoms with Crippen molar-refractivity contribution in [3.8, 4) is 0 Å². The molecule has 0 saturated carbocycles. The van der Waals surface area contributed by atoms with Crippen LogP contribution in [0.4, 0.5) is 0 Å². The van der Waals surface area contributed by atoms with Gasteiger partial charge in [0.1, 0.15) is 0 Å². The number of carbonyl (C=O) groups is 1. The average molecular weight is 255 g/mol. The largest absolute Gasteiger partial charge is 0.354 e. The summed E-state index contributed by atoms with van der Waals surface area (Å²) in [6.07, 6.45) is 5.73. The number of piperidine rings is 1. The van der Waals surface area contributed by atoms with Crippen molar-refractivity contribution in [3.63, 3.8) is 0 Å². The smallest absolute Gasteiger partial charge is 0.236 e. The van der Waals surface area contributed by atoms with E-state index in [2.05, 4.69) is 17.1 Å². The Morgan fingerprint density at radius 1 is 1.33 bits per heavy atom. The van der Waals surface area contributed by atoms with Crippen molar-refractivity contribution in [2.45, 2.75) is 52.0 Å². The third kappa shape index (κ3) is 5.83. The Morgan fingerprint density at radius 2 is 2.00 bits per heavy atom. The van der Waals surface area contributed by atoms with Gasteiger partial charge >= 0.3 is 0 Å². The summed E-state index contributed by atoms with van der Waals surface area (Å²) in [5, 5.41) is 2.97. The molecular weight excluding hydrogens is 226 g/mol. The van der Waals surface area contributed by atoms with Crippen LogP contribution in [0.3, 0.4) is 0 Å². The molecule has 106 valence electrons. The van der Waals surface area contributed by atoms with Gasteiger partial charge in [0, 0.05) is 13.1 Å². The molecule has 3 N–H and O–H groups in total. The van der Waals surface area contributed by atoms with Gasteiger partial charge in [-0.3, -0.25) is 4.79 Å². The second-order valence-electron chi connectivity index (χ2n) is 5.61. The Labute approximate surface area is 111 Å². The molecule has 0 spiro atoms. The molecule has 4 heteroatoms. The quantitative estimate of drug-likeness (QED) is 0.722. The SMILES string of the molecule is CCC[C@@H](N)C(=O)NCC(C)CN1CCCCC1. The molecule has 4 nitrogen and oxygen atoms in total. The monoisotopic (exact) mass is 255 g/mol. The van der Waals surface area contributed by atoms with E-state index in [1.165, 1.54) is 32.4 Å². The van der Waals surface area contributed by atoms with Crippen molar-refractivity contribution in [3.05, 3.63) is 0 Å². The van der Waals surface area contributed by atoms with Crippen LogP contribution in [0.2, 0.25) is 0 Å². The van der Waals surface area contributed by atoms with Gasteiger partial charge in [-0.1, -0.05) is 26.7 Å². The lowest BCUT2D eigenvalue weighted by Gasteiger charge is -2.29. The maximum atomic E-state index is 11.7. The first-order valence-corrected chi connectivity index (χ1v) is 7.39. The number of hydrogen-bond donors (Lipinski definition) is 2. The summed E-state index contributed by atoms with van der Waals surface area (Å²) in [6.45, 7) is 8.50. The minimum absolute atomic E-state index is 0.00217. The van der Waals surface area contributed by atoms with Crippen LogP contribution in [0.25, 0.3) is 0 Å². The average Bonchev–Trinajstić information content (AvgIpc) is 2.37. The predicted molar refractivity (Wildman–Crippen MR) is 75.3 cm³/mol. The Balaban J connectivity index is 2.15. The van der Waals surface area contributed by atoms with E-state index in [9.17, 15) is 4.79 Å². The van der Waals surface area contributed by atoms with Crippen LogP contribution in [-0.4, -0.2) is 43.0 Å². The summed E-state index contributed by atoms with van der Waals surface area (Å²) in [7, 11) is 0. The fourth-order valence-electron chi connectivity index (χ4n) is 2.50. The third-order valence-electron chi connectivity index (χ3n) is 3.58. The highest BCUT2D eigenvalue weighted by Gasteiger charge is 2.16. The summed E-state index contributed by atoms with van der Waals surface area (Å²) < 4.78 is 0. The molecule has 0 aromatic carbocycles. The van der Waals surface area contributed by atoms with Crippen LogP contribution in [0, 0.1) is 5.92 Å². The van der Waals surface area contributed by atoms with Crippen molar-refractivity contribution in [1.82, 2.24) is 10.2 Å². The lowest BCUT2D eigenvalue weighted by Crippen LogP contribution is -2.44. The molecule has 1 heterocycles. The Bertz CT molecular complexity index is 239. The summed E-state index contributed by atoms with van der Waals surface area (Å²) in [6, 6.07) is -0.336. The molecule has 0 aliphatic carbocycles. The number of carbonyl (C=O) groups excluding carboxylic acids is 1. The summed E-state index contributed by atoms with van der Waals surface area (Å²) in [5.41, 5.74) is 5.78. The number of nitrogens with one attached hydrogen (secondary N) is 1. The minimum atomic E-state index is -0.336. The normalized spacial score (nSPS) is 20.4. The van der Waals surface area contributed by atoms with Gasteiger partial charge in [-0.2, -0.15) is 0 Å². The summed E-state index contributed by atoms with van der Waals surface area (Å²) >= 11 is 0. The first kappa shape index (κ1) is 15.4. The number of nitrogens with zero attached hydrogens (tertiary/aromatic N) is 1. The lowest BCUT2D eigenvalue weighted by molar-refractivity contribution is -0.122. The molecule has 0 aromatic heterocycles. The highest BCUT2D eigenvalue weighted by atomic mass is 16.2. The van der Waals surface area contributed by atoms with Crippen molar-refractivity contribution in [2.24, 2.45) is 11.7 Å². The van der Waals surface area contributed by atoms with E-state index >= 15 is 0 Å². The van der Waals surface area contributed by atoms with Gasteiger partial charge in [0.25, 0.3) is 0 Å². The molecule has 0 bridgehead atoms. The zero-order chi connectivity index (χ0) is 13.4. The van der Waals surface area contributed by atoms with Crippen molar-refractivity contribution >= 4 is 5.91 Å². The minimum Gasteiger partial charge on any atom is -0.354 e. The molecule has 1 fully saturated rings. The molecular formula is C14H29N3O. The second kappa shape index (κ2) is 8.48. The van der Waals surface area contributed by atoms with E-state index in [-0.39, 0.29) is 11.9 Å². The van der Waals surface area contributed by atoms with Gasteiger partial charge in [-0.05, 0) is 38.3 Å².